The summed E-state index contributed by atoms with van der Waals surface area (Å²) in [6, 6.07) is 14.2. The highest BCUT2D eigenvalue weighted by Gasteiger charge is 2.41. The SMILES string of the molecule is C/C(=C\C=C(/C)c1ccc(C)cc1)Cc1cc(C(C)(C=O)[C@H](C)[C@@H](O)[C@H](O)[C@H](O)CO)ccc1C. The van der Waals surface area contributed by atoms with Gasteiger partial charge in [-0.25, -0.2) is 0 Å². The van der Waals surface area contributed by atoms with Gasteiger partial charge in [-0.05, 0) is 68.9 Å². The Kier molecular flexibility index (Phi) is 10.2. The van der Waals surface area contributed by atoms with Gasteiger partial charge >= 0.3 is 0 Å². The highest BCUT2D eigenvalue weighted by atomic mass is 16.4. The van der Waals surface area contributed by atoms with Gasteiger partial charge in [-0.1, -0.05) is 72.7 Å². The average Bonchev–Trinajstić information content (AvgIpc) is 2.86. The molecule has 4 N–H and O–H groups in total. The molecule has 2 aromatic rings. The predicted molar refractivity (Wildman–Crippen MR) is 141 cm³/mol. The van der Waals surface area contributed by atoms with Gasteiger partial charge < -0.3 is 25.2 Å². The monoisotopic (exact) mass is 480 g/mol. The Hall–Kier alpha value is -2.57. The zero-order valence-electron chi connectivity index (χ0n) is 21.7. The summed E-state index contributed by atoms with van der Waals surface area (Å²) in [5.74, 6) is -0.705. The number of aliphatic hydroxyl groups excluding tert-OH is 4. The van der Waals surface area contributed by atoms with Crippen molar-refractivity contribution in [2.45, 2.75) is 71.7 Å². The van der Waals surface area contributed by atoms with Crippen molar-refractivity contribution in [2.75, 3.05) is 6.61 Å². The summed E-state index contributed by atoms with van der Waals surface area (Å²) in [5.41, 5.74) is 6.55. The Labute approximate surface area is 209 Å². The minimum atomic E-state index is -1.56. The number of aldehydes is 1. The lowest BCUT2D eigenvalue weighted by Crippen LogP contribution is -2.49. The molecule has 0 aliphatic rings. The van der Waals surface area contributed by atoms with Crippen LogP contribution in [-0.2, 0) is 16.6 Å². The largest absolute Gasteiger partial charge is 0.394 e. The van der Waals surface area contributed by atoms with E-state index in [1.54, 1.807) is 13.8 Å². The van der Waals surface area contributed by atoms with Gasteiger partial charge in [-0.15, -0.1) is 0 Å². The number of allylic oxidation sites excluding steroid dienone is 4. The van der Waals surface area contributed by atoms with E-state index >= 15 is 0 Å². The Morgan fingerprint density at radius 1 is 0.971 bits per heavy atom. The molecular formula is C30H40O5. The van der Waals surface area contributed by atoms with E-state index in [0.717, 1.165) is 23.0 Å². The fraction of sp³-hybridized carbons (Fsp3) is 0.433. The van der Waals surface area contributed by atoms with Crippen LogP contribution in [0.3, 0.4) is 0 Å². The maximum atomic E-state index is 12.3. The standard InChI is InChI=1S/C30H40O5/c1-19-8-12-24(13-9-19)21(3)10-7-20(2)15-25-16-26(14-11-22(25)4)30(6,18-32)23(5)28(34)29(35)27(33)17-31/h7-14,16,18,23,27-29,31,33-35H,15,17H2,1-6H3/b20-7+,21-10+/t23-,27-,28-,29-,30?/m1/s1. The van der Waals surface area contributed by atoms with Gasteiger partial charge in [0.05, 0.1) is 18.1 Å². The fourth-order valence-corrected chi connectivity index (χ4v) is 4.16. The van der Waals surface area contributed by atoms with Crippen LogP contribution in [0.25, 0.3) is 5.57 Å². The first-order chi connectivity index (χ1) is 16.4. The molecule has 0 radical (unpaired) electrons. The molecule has 0 fully saturated rings. The second-order valence-corrected chi connectivity index (χ2v) is 9.97. The molecule has 35 heavy (non-hydrogen) atoms. The molecule has 0 heterocycles. The van der Waals surface area contributed by atoms with Gasteiger partial charge in [-0.2, -0.15) is 0 Å². The number of aryl methyl sites for hydroxylation is 2. The van der Waals surface area contributed by atoms with Crippen molar-refractivity contribution in [2.24, 2.45) is 5.92 Å². The van der Waals surface area contributed by atoms with Crippen LogP contribution >= 0.6 is 0 Å². The van der Waals surface area contributed by atoms with Crippen molar-refractivity contribution >= 4 is 11.9 Å². The maximum absolute atomic E-state index is 12.3. The first-order valence-corrected chi connectivity index (χ1v) is 12.1. The van der Waals surface area contributed by atoms with Gasteiger partial charge in [0.15, 0.2) is 0 Å². The fourth-order valence-electron chi connectivity index (χ4n) is 4.16. The van der Waals surface area contributed by atoms with E-state index in [0.29, 0.717) is 6.42 Å². The van der Waals surface area contributed by atoms with Crippen molar-refractivity contribution < 1.29 is 25.2 Å². The molecule has 1 unspecified atom stereocenters. The molecule has 0 saturated carbocycles. The molecule has 0 spiro atoms. The molecule has 0 bridgehead atoms. The topological polar surface area (TPSA) is 98.0 Å². The minimum Gasteiger partial charge on any atom is -0.394 e. The molecule has 0 aromatic heterocycles. The van der Waals surface area contributed by atoms with Crippen molar-refractivity contribution in [3.63, 3.8) is 0 Å². The number of carbonyl (C=O) groups is 1. The summed E-state index contributed by atoms with van der Waals surface area (Å²) >= 11 is 0. The van der Waals surface area contributed by atoms with Crippen molar-refractivity contribution in [1.29, 1.82) is 0 Å². The van der Waals surface area contributed by atoms with E-state index in [2.05, 4.69) is 57.2 Å². The number of hydrogen-bond acceptors (Lipinski definition) is 5. The van der Waals surface area contributed by atoms with Crippen molar-refractivity contribution in [1.82, 2.24) is 0 Å². The molecule has 0 amide bonds. The van der Waals surface area contributed by atoms with Crippen molar-refractivity contribution in [3.8, 4) is 0 Å². The van der Waals surface area contributed by atoms with E-state index in [9.17, 15) is 20.1 Å². The lowest BCUT2D eigenvalue weighted by atomic mass is 9.69. The normalized spacial score (nSPS) is 17.9. The third-order valence-corrected chi connectivity index (χ3v) is 7.20. The number of hydrogen-bond donors (Lipinski definition) is 4. The Morgan fingerprint density at radius 3 is 2.17 bits per heavy atom. The van der Waals surface area contributed by atoms with Crippen LogP contribution in [-0.4, -0.2) is 51.6 Å². The zero-order valence-corrected chi connectivity index (χ0v) is 21.7. The van der Waals surface area contributed by atoms with Gasteiger partial charge in [0.25, 0.3) is 0 Å². The second kappa shape index (κ2) is 12.4. The van der Waals surface area contributed by atoms with Gasteiger partial charge in [0.2, 0.25) is 0 Å². The highest BCUT2D eigenvalue weighted by Crippen LogP contribution is 2.35. The van der Waals surface area contributed by atoms with E-state index in [1.165, 1.54) is 22.3 Å². The molecule has 5 atom stereocenters. The third-order valence-electron chi connectivity index (χ3n) is 7.20. The molecule has 0 saturated heterocycles. The van der Waals surface area contributed by atoms with Gasteiger partial charge in [0.1, 0.15) is 18.5 Å². The summed E-state index contributed by atoms with van der Waals surface area (Å²) in [6.07, 6.45) is 1.27. The summed E-state index contributed by atoms with van der Waals surface area (Å²) in [5, 5.41) is 39.7. The Morgan fingerprint density at radius 2 is 1.60 bits per heavy atom. The van der Waals surface area contributed by atoms with E-state index in [4.69, 9.17) is 5.11 Å². The smallest absolute Gasteiger partial charge is 0.130 e. The highest BCUT2D eigenvalue weighted by molar-refractivity contribution is 5.69. The lowest BCUT2D eigenvalue weighted by molar-refractivity contribution is -0.123. The Balaban J connectivity index is 2.30. The number of aliphatic hydroxyl groups is 4. The first kappa shape index (κ1) is 28.7. The summed E-state index contributed by atoms with van der Waals surface area (Å²) in [6.45, 7) is 11.0. The number of rotatable bonds is 11. The lowest BCUT2D eigenvalue weighted by Gasteiger charge is -2.37. The molecule has 2 rings (SSSR count). The molecule has 5 heteroatoms. The second-order valence-electron chi connectivity index (χ2n) is 9.97. The molecule has 2 aromatic carbocycles. The van der Waals surface area contributed by atoms with Crippen LogP contribution in [0.15, 0.2) is 60.2 Å². The predicted octanol–water partition coefficient (Wildman–Crippen LogP) is 4.06. The zero-order chi connectivity index (χ0) is 26.3. The van der Waals surface area contributed by atoms with Crippen LogP contribution in [0.4, 0.5) is 0 Å². The van der Waals surface area contributed by atoms with Gasteiger partial charge in [0, 0.05) is 5.92 Å². The molecule has 190 valence electrons. The average molecular weight is 481 g/mol. The van der Waals surface area contributed by atoms with E-state index < -0.39 is 36.3 Å². The number of benzene rings is 2. The molecule has 0 aliphatic heterocycles. The van der Waals surface area contributed by atoms with Crippen LogP contribution in [0, 0.1) is 19.8 Å². The third kappa shape index (κ3) is 6.98. The van der Waals surface area contributed by atoms with Crippen LogP contribution in [0.5, 0.6) is 0 Å². The van der Waals surface area contributed by atoms with Gasteiger partial charge in [-0.3, -0.25) is 0 Å². The van der Waals surface area contributed by atoms with E-state index in [1.807, 2.05) is 25.1 Å². The van der Waals surface area contributed by atoms with Crippen LogP contribution < -0.4 is 0 Å². The molecule has 5 nitrogen and oxygen atoms in total. The quantitative estimate of drug-likeness (QED) is 0.287. The summed E-state index contributed by atoms with van der Waals surface area (Å²) < 4.78 is 0. The van der Waals surface area contributed by atoms with Crippen molar-refractivity contribution in [3.05, 3.63) is 88.0 Å². The minimum absolute atomic E-state index is 0.680. The first-order valence-electron chi connectivity index (χ1n) is 12.1. The molecular weight excluding hydrogens is 440 g/mol. The number of carbonyl (C=O) groups excluding carboxylic acids is 1. The molecule has 0 aliphatic carbocycles. The van der Waals surface area contributed by atoms with Crippen LogP contribution in [0.1, 0.15) is 55.5 Å². The summed E-state index contributed by atoms with van der Waals surface area (Å²) in [7, 11) is 0. The summed E-state index contributed by atoms with van der Waals surface area (Å²) in [4.78, 5) is 12.3. The van der Waals surface area contributed by atoms with Crippen LogP contribution in [0.2, 0.25) is 0 Å². The maximum Gasteiger partial charge on any atom is 0.130 e. The Bertz CT molecular complexity index is 1050. The van der Waals surface area contributed by atoms with E-state index in [-0.39, 0.29) is 0 Å².